The first-order valence-electron chi connectivity index (χ1n) is 9.39. The highest BCUT2D eigenvalue weighted by Gasteiger charge is 2.33. The molecule has 148 valence electrons. The number of carbonyl (C=O) groups is 3. The van der Waals surface area contributed by atoms with Crippen LogP contribution in [0.5, 0.6) is 0 Å². The first-order chi connectivity index (χ1) is 12.8. The van der Waals surface area contributed by atoms with Crippen LogP contribution in [-0.4, -0.2) is 50.6 Å². The third-order valence-electron chi connectivity index (χ3n) is 5.34. The van der Waals surface area contributed by atoms with E-state index in [1.165, 1.54) is 7.11 Å². The van der Waals surface area contributed by atoms with Gasteiger partial charge in [-0.1, -0.05) is 18.2 Å². The van der Waals surface area contributed by atoms with Gasteiger partial charge in [-0.2, -0.15) is 0 Å². The first kappa shape index (κ1) is 20.9. The summed E-state index contributed by atoms with van der Waals surface area (Å²) in [6.07, 6.45) is 1.43. The van der Waals surface area contributed by atoms with Gasteiger partial charge in [-0.05, 0) is 31.9 Å². The zero-order valence-corrected chi connectivity index (χ0v) is 16.6. The molecule has 27 heavy (non-hydrogen) atoms. The van der Waals surface area contributed by atoms with Gasteiger partial charge in [0.2, 0.25) is 5.91 Å². The molecular formula is C20H30N3O4+. The van der Waals surface area contributed by atoms with E-state index in [0.29, 0.717) is 12.8 Å². The van der Waals surface area contributed by atoms with Gasteiger partial charge >= 0.3 is 5.97 Å². The fourth-order valence-corrected chi connectivity index (χ4v) is 3.53. The molecule has 0 spiro atoms. The SMILES string of the molecule is COC(=O)C1CC[NH+]([C@H](C)C(=O)NCC(=O)Nc2c(C)cccc2C)CC1. The Morgan fingerprint density at radius 3 is 2.33 bits per heavy atom. The molecule has 1 heterocycles. The maximum atomic E-state index is 12.4. The summed E-state index contributed by atoms with van der Waals surface area (Å²) in [5, 5.41) is 5.59. The lowest BCUT2D eigenvalue weighted by Gasteiger charge is -2.31. The minimum atomic E-state index is -0.267. The van der Waals surface area contributed by atoms with Gasteiger partial charge in [0, 0.05) is 18.5 Å². The molecule has 1 aliphatic rings. The lowest BCUT2D eigenvalue weighted by molar-refractivity contribution is -0.919. The minimum absolute atomic E-state index is 0.0605. The summed E-state index contributed by atoms with van der Waals surface area (Å²) in [5.74, 6) is -0.642. The number of rotatable bonds is 6. The zero-order valence-electron chi connectivity index (χ0n) is 16.6. The quantitative estimate of drug-likeness (QED) is 0.620. The van der Waals surface area contributed by atoms with Crippen LogP contribution in [0.1, 0.15) is 30.9 Å². The summed E-state index contributed by atoms with van der Waals surface area (Å²) in [4.78, 5) is 37.3. The van der Waals surface area contributed by atoms with Gasteiger partial charge in [0.1, 0.15) is 0 Å². The average Bonchev–Trinajstić information content (AvgIpc) is 2.68. The number of benzene rings is 1. The van der Waals surface area contributed by atoms with Crippen molar-refractivity contribution < 1.29 is 24.0 Å². The van der Waals surface area contributed by atoms with E-state index >= 15 is 0 Å². The molecule has 1 saturated heterocycles. The van der Waals surface area contributed by atoms with Gasteiger partial charge in [0.25, 0.3) is 5.91 Å². The Labute approximate surface area is 160 Å². The smallest absolute Gasteiger partial charge is 0.309 e. The number of ether oxygens (including phenoxy) is 1. The fourth-order valence-electron chi connectivity index (χ4n) is 3.53. The van der Waals surface area contributed by atoms with Crippen LogP contribution in [0.3, 0.4) is 0 Å². The highest BCUT2D eigenvalue weighted by molar-refractivity contribution is 5.96. The second-order valence-corrected chi connectivity index (χ2v) is 7.21. The van der Waals surface area contributed by atoms with E-state index in [1.54, 1.807) is 0 Å². The van der Waals surface area contributed by atoms with E-state index in [1.807, 2.05) is 39.0 Å². The molecule has 3 N–H and O–H groups in total. The minimum Gasteiger partial charge on any atom is -0.469 e. The average molecular weight is 376 g/mol. The molecule has 1 atom stereocenters. The molecule has 1 fully saturated rings. The molecule has 1 aliphatic heterocycles. The van der Waals surface area contributed by atoms with Crippen LogP contribution in [0.4, 0.5) is 5.69 Å². The molecule has 7 nitrogen and oxygen atoms in total. The summed E-state index contributed by atoms with van der Waals surface area (Å²) in [5.41, 5.74) is 2.77. The van der Waals surface area contributed by atoms with Crippen molar-refractivity contribution in [3.63, 3.8) is 0 Å². The number of hydrogen-bond donors (Lipinski definition) is 3. The molecule has 7 heteroatoms. The normalized spacial score (nSPS) is 20.4. The summed E-state index contributed by atoms with van der Waals surface area (Å²) in [7, 11) is 1.40. The van der Waals surface area contributed by atoms with Gasteiger partial charge in [0.05, 0.1) is 32.7 Å². The van der Waals surface area contributed by atoms with Crippen LogP contribution in [0.25, 0.3) is 0 Å². The number of hydrogen-bond acceptors (Lipinski definition) is 4. The van der Waals surface area contributed by atoms with Crippen molar-refractivity contribution in [3.8, 4) is 0 Å². The zero-order chi connectivity index (χ0) is 20.0. The number of esters is 1. The van der Waals surface area contributed by atoms with Gasteiger partial charge in [0.15, 0.2) is 6.04 Å². The number of likely N-dealkylation sites (tertiary alicyclic amines) is 1. The highest BCUT2D eigenvalue weighted by atomic mass is 16.5. The summed E-state index contributed by atoms with van der Waals surface area (Å²) in [6.45, 7) is 7.14. The van der Waals surface area contributed by atoms with Crippen molar-refractivity contribution >= 4 is 23.5 Å². The molecule has 1 aromatic rings. The Bertz CT molecular complexity index is 676. The number of amides is 2. The molecule has 0 radical (unpaired) electrons. The summed E-state index contributed by atoms with van der Waals surface area (Å²) >= 11 is 0. The molecule has 0 aliphatic carbocycles. The molecular weight excluding hydrogens is 346 g/mol. The number of anilines is 1. The van der Waals surface area contributed by atoms with E-state index < -0.39 is 0 Å². The lowest BCUT2D eigenvalue weighted by atomic mass is 9.96. The Kier molecular flexibility index (Phi) is 7.36. The molecule has 2 rings (SSSR count). The number of piperidine rings is 1. The van der Waals surface area contributed by atoms with Crippen molar-refractivity contribution in [1.29, 1.82) is 0 Å². The lowest BCUT2D eigenvalue weighted by Crippen LogP contribution is -3.17. The predicted molar refractivity (Wildman–Crippen MR) is 102 cm³/mol. The number of methoxy groups -OCH3 is 1. The van der Waals surface area contributed by atoms with Gasteiger partial charge in [-0.15, -0.1) is 0 Å². The van der Waals surface area contributed by atoms with Crippen molar-refractivity contribution in [2.24, 2.45) is 5.92 Å². The van der Waals surface area contributed by atoms with E-state index in [2.05, 4.69) is 10.6 Å². The molecule has 0 saturated carbocycles. The van der Waals surface area contributed by atoms with E-state index in [0.717, 1.165) is 34.8 Å². The third kappa shape index (κ3) is 5.53. The fraction of sp³-hybridized carbons (Fsp3) is 0.550. The second kappa shape index (κ2) is 9.50. The number of quaternary nitrogens is 1. The Balaban J connectivity index is 1.80. The third-order valence-corrected chi connectivity index (χ3v) is 5.34. The highest BCUT2D eigenvalue weighted by Crippen LogP contribution is 2.19. The Morgan fingerprint density at radius 2 is 1.78 bits per heavy atom. The van der Waals surface area contributed by atoms with Gasteiger partial charge < -0.3 is 20.3 Å². The van der Waals surface area contributed by atoms with Crippen LogP contribution >= 0.6 is 0 Å². The number of para-hydroxylation sites is 1. The van der Waals surface area contributed by atoms with Crippen LogP contribution < -0.4 is 15.5 Å². The number of aryl methyl sites for hydroxylation is 2. The van der Waals surface area contributed by atoms with Crippen molar-refractivity contribution in [1.82, 2.24) is 5.32 Å². The maximum absolute atomic E-state index is 12.4. The van der Waals surface area contributed by atoms with E-state index in [-0.39, 0.29) is 36.3 Å². The van der Waals surface area contributed by atoms with Gasteiger partial charge in [-0.3, -0.25) is 14.4 Å². The van der Waals surface area contributed by atoms with E-state index in [4.69, 9.17) is 4.74 Å². The standard InChI is InChI=1S/C20H29N3O4/c1-13-6-5-7-14(2)18(13)22-17(24)12-21-19(25)15(3)23-10-8-16(9-11-23)20(26)27-4/h5-7,15-16H,8-12H2,1-4H3,(H,21,25)(H,22,24)/p+1/t15-/m1/s1. The largest absolute Gasteiger partial charge is 0.469 e. The van der Waals surface area contributed by atoms with Gasteiger partial charge in [-0.25, -0.2) is 0 Å². The van der Waals surface area contributed by atoms with Crippen molar-refractivity contribution in [2.75, 3.05) is 32.1 Å². The molecule has 0 unspecified atom stereocenters. The number of carbonyl (C=O) groups excluding carboxylic acids is 3. The molecule has 0 bridgehead atoms. The monoisotopic (exact) mass is 376 g/mol. The molecule has 1 aromatic carbocycles. The topological polar surface area (TPSA) is 88.9 Å². The maximum Gasteiger partial charge on any atom is 0.309 e. The van der Waals surface area contributed by atoms with Crippen molar-refractivity contribution in [2.45, 2.75) is 39.7 Å². The Hall–Kier alpha value is -2.41. The summed E-state index contributed by atoms with van der Waals surface area (Å²) in [6, 6.07) is 5.54. The predicted octanol–water partition coefficient (Wildman–Crippen LogP) is 0.215. The molecule has 0 aromatic heterocycles. The van der Waals surface area contributed by atoms with Crippen LogP contribution in [0.2, 0.25) is 0 Å². The Morgan fingerprint density at radius 1 is 1.19 bits per heavy atom. The number of nitrogens with one attached hydrogen (secondary N) is 3. The van der Waals surface area contributed by atoms with Crippen molar-refractivity contribution in [3.05, 3.63) is 29.3 Å². The first-order valence-corrected chi connectivity index (χ1v) is 9.39. The van der Waals surface area contributed by atoms with Crippen LogP contribution in [0, 0.1) is 19.8 Å². The van der Waals surface area contributed by atoms with Crippen LogP contribution in [0.15, 0.2) is 18.2 Å². The molecule has 2 amide bonds. The van der Waals surface area contributed by atoms with Crippen LogP contribution in [-0.2, 0) is 19.1 Å². The summed E-state index contributed by atoms with van der Waals surface area (Å²) < 4.78 is 4.79. The second-order valence-electron chi connectivity index (χ2n) is 7.21. The van der Waals surface area contributed by atoms with E-state index in [9.17, 15) is 14.4 Å².